The van der Waals surface area contributed by atoms with Crippen LogP contribution in [0.15, 0.2) is 30.5 Å². The number of likely N-dealkylation sites (N-methyl/N-ethyl adjacent to an activating group) is 1. The number of carbonyl (C=O) groups is 2. The lowest BCUT2D eigenvalue weighted by Gasteiger charge is -2.35. The Kier molecular flexibility index (Phi) is 8.12. The Morgan fingerprint density at radius 2 is 1.82 bits per heavy atom. The lowest BCUT2D eigenvalue weighted by atomic mass is 9.85. The van der Waals surface area contributed by atoms with E-state index in [1.165, 1.54) is 24.0 Å². The highest BCUT2D eigenvalue weighted by Crippen LogP contribution is 2.33. The quantitative estimate of drug-likeness (QED) is 0.509. The number of aromatic nitrogens is 1. The number of hydrogen-bond acceptors (Lipinski definition) is 6. The molecule has 0 radical (unpaired) electrons. The van der Waals surface area contributed by atoms with Crippen molar-refractivity contribution in [2.45, 2.75) is 65.0 Å². The van der Waals surface area contributed by atoms with E-state index in [0.29, 0.717) is 43.2 Å². The monoisotopic (exact) mass is 533 g/mol. The van der Waals surface area contributed by atoms with Crippen molar-refractivity contribution in [3.8, 4) is 5.75 Å². The summed E-state index contributed by atoms with van der Waals surface area (Å²) >= 11 is 0. The molecule has 1 saturated heterocycles. The number of ether oxygens (including phenoxy) is 1. The van der Waals surface area contributed by atoms with E-state index in [-0.39, 0.29) is 11.8 Å². The molecule has 210 valence electrons. The van der Waals surface area contributed by atoms with Crippen LogP contribution in [-0.4, -0.2) is 73.6 Å². The van der Waals surface area contributed by atoms with E-state index in [9.17, 15) is 9.59 Å². The molecule has 8 nitrogen and oxygen atoms in total. The van der Waals surface area contributed by atoms with Gasteiger partial charge in [-0.2, -0.15) is 0 Å². The van der Waals surface area contributed by atoms with Crippen LogP contribution in [0.2, 0.25) is 0 Å². The SMILES string of the molecule is COc1cc2c(cc1CC(C)C)CN(c1ccc(N(C)CC3CCC(N4CC(=O)N(C)C4)CC3)cn1)C(=O)C2. The fraction of sp³-hybridized carbons (Fsp3) is 0.581. The molecule has 2 amide bonds. The van der Waals surface area contributed by atoms with Gasteiger partial charge in [0.05, 0.1) is 45.2 Å². The Morgan fingerprint density at radius 3 is 2.44 bits per heavy atom. The Bertz CT molecular complexity index is 1190. The molecule has 39 heavy (non-hydrogen) atoms. The maximum absolute atomic E-state index is 13.1. The average Bonchev–Trinajstić information content (AvgIpc) is 3.26. The molecule has 0 spiro atoms. The first-order valence-electron chi connectivity index (χ1n) is 14.4. The Morgan fingerprint density at radius 1 is 1.05 bits per heavy atom. The van der Waals surface area contributed by atoms with Gasteiger partial charge in [0.25, 0.3) is 0 Å². The van der Waals surface area contributed by atoms with Gasteiger partial charge in [-0.05, 0) is 78.8 Å². The number of benzene rings is 1. The second kappa shape index (κ2) is 11.5. The molecule has 1 aromatic carbocycles. The van der Waals surface area contributed by atoms with E-state index in [1.807, 2.05) is 30.3 Å². The third-order valence-corrected chi connectivity index (χ3v) is 8.67. The molecule has 2 aliphatic heterocycles. The number of amides is 2. The summed E-state index contributed by atoms with van der Waals surface area (Å²) in [6.45, 7) is 7.28. The molecule has 1 aromatic heterocycles. The van der Waals surface area contributed by atoms with E-state index < -0.39 is 0 Å². The molecule has 0 bridgehead atoms. The molecule has 3 aliphatic rings. The van der Waals surface area contributed by atoms with Crippen LogP contribution in [0.1, 0.15) is 56.2 Å². The molecule has 3 heterocycles. The lowest BCUT2D eigenvalue weighted by Crippen LogP contribution is -2.39. The molecule has 8 heteroatoms. The molecule has 1 saturated carbocycles. The average molecular weight is 534 g/mol. The molecule has 1 aliphatic carbocycles. The van der Waals surface area contributed by atoms with E-state index in [4.69, 9.17) is 9.72 Å². The van der Waals surface area contributed by atoms with Gasteiger partial charge in [0.1, 0.15) is 11.6 Å². The summed E-state index contributed by atoms with van der Waals surface area (Å²) in [4.78, 5) is 38.0. The van der Waals surface area contributed by atoms with Gasteiger partial charge in [-0.25, -0.2) is 4.98 Å². The number of anilines is 2. The molecular formula is C31H43N5O3. The Balaban J connectivity index is 1.19. The van der Waals surface area contributed by atoms with Crippen molar-refractivity contribution in [3.63, 3.8) is 0 Å². The maximum atomic E-state index is 13.1. The summed E-state index contributed by atoms with van der Waals surface area (Å²) < 4.78 is 5.63. The minimum absolute atomic E-state index is 0.0671. The zero-order valence-corrected chi connectivity index (χ0v) is 24.2. The number of methoxy groups -OCH3 is 1. The number of nitrogens with zero attached hydrogens (tertiary/aromatic N) is 5. The topological polar surface area (TPSA) is 69.2 Å². The van der Waals surface area contributed by atoms with Crippen molar-refractivity contribution >= 4 is 23.3 Å². The highest BCUT2D eigenvalue weighted by molar-refractivity contribution is 5.95. The van der Waals surface area contributed by atoms with E-state index in [1.54, 1.807) is 12.0 Å². The van der Waals surface area contributed by atoms with Crippen molar-refractivity contribution in [1.82, 2.24) is 14.8 Å². The van der Waals surface area contributed by atoms with E-state index >= 15 is 0 Å². The number of fused-ring (bicyclic) bond motifs is 1. The fourth-order valence-electron chi connectivity index (χ4n) is 6.43. The van der Waals surface area contributed by atoms with E-state index in [0.717, 1.165) is 49.5 Å². The fourth-order valence-corrected chi connectivity index (χ4v) is 6.43. The number of rotatable bonds is 8. The molecule has 0 atom stereocenters. The zero-order chi connectivity index (χ0) is 27.7. The van der Waals surface area contributed by atoms with Crippen molar-refractivity contribution in [2.75, 3.05) is 50.8 Å². The van der Waals surface area contributed by atoms with Gasteiger partial charge in [-0.1, -0.05) is 19.9 Å². The first-order valence-corrected chi connectivity index (χ1v) is 14.4. The Labute approximate surface area is 232 Å². The summed E-state index contributed by atoms with van der Waals surface area (Å²) in [7, 11) is 5.72. The molecular weight excluding hydrogens is 490 g/mol. The highest BCUT2D eigenvalue weighted by atomic mass is 16.5. The van der Waals surface area contributed by atoms with Gasteiger partial charge in [-0.15, -0.1) is 0 Å². The van der Waals surface area contributed by atoms with Crippen LogP contribution in [0.25, 0.3) is 0 Å². The first-order chi connectivity index (χ1) is 18.7. The second-order valence-electron chi connectivity index (χ2n) is 12.1. The van der Waals surface area contributed by atoms with Gasteiger partial charge < -0.3 is 14.5 Å². The Hall–Kier alpha value is -3.13. The minimum Gasteiger partial charge on any atom is -0.496 e. The van der Waals surface area contributed by atoms with Crippen LogP contribution in [0.4, 0.5) is 11.5 Å². The van der Waals surface area contributed by atoms with E-state index in [2.05, 4.69) is 42.8 Å². The zero-order valence-electron chi connectivity index (χ0n) is 24.2. The van der Waals surface area contributed by atoms with Crippen LogP contribution in [-0.2, 0) is 29.0 Å². The smallest absolute Gasteiger partial charge is 0.237 e. The molecule has 2 aromatic rings. The van der Waals surface area contributed by atoms with Gasteiger partial charge in [-0.3, -0.25) is 19.4 Å². The van der Waals surface area contributed by atoms with Crippen LogP contribution < -0.4 is 14.5 Å². The van der Waals surface area contributed by atoms with Gasteiger partial charge in [0.2, 0.25) is 11.8 Å². The molecule has 0 unspecified atom stereocenters. The number of pyridine rings is 1. The second-order valence-corrected chi connectivity index (χ2v) is 12.1. The third-order valence-electron chi connectivity index (χ3n) is 8.67. The van der Waals surface area contributed by atoms with Crippen molar-refractivity contribution < 1.29 is 14.3 Å². The normalized spacial score (nSPS) is 22.0. The lowest BCUT2D eigenvalue weighted by molar-refractivity contribution is -0.125. The van der Waals surface area contributed by atoms with Crippen molar-refractivity contribution in [3.05, 3.63) is 47.2 Å². The predicted molar refractivity (Wildman–Crippen MR) is 154 cm³/mol. The van der Waals surface area contributed by atoms with Crippen LogP contribution in [0.3, 0.4) is 0 Å². The highest BCUT2D eigenvalue weighted by Gasteiger charge is 2.33. The van der Waals surface area contributed by atoms with Crippen LogP contribution in [0.5, 0.6) is 5.75 Å². The number of hydrogen-bond donors (Lipinski definition) is 0. The predicted octanol–water partition coefficient (Wildman–Crippen LogP) is 4.10. The summed E-state index contributed by atoms with van der Waals surface area (Å²) in [6.07, 6.45) is 7.87. The summed E-state index contributed by atoms with van der Waals surface area (Å²) in [5.74, 6) is 3.05. The van der Waals surface area contributed by atoms with Crippen LogP contribution in [0, 0.1) is 11.8 Å². The molecule has 5 rings (SSSR count). The van der Waals surface area contributed by atoms with Crippen LogP contribution >= 0.6 is 0 Å². The largest absolute Gasteiger partial charge is 0.496 e. The summed E-state index contributed by atoms with van der Waals surface area (Å²) in [5.41, 5.74) is 4.49. The van der Waals surface area contributed by atoms with Crippen molar-refractivity contribution in [2.24, 2.45) is 11.8 Å². The maximum Gasteiger partial charge on any atom is 0.237 e. The standard InChI is InChI=1S/C31H43N5O3/c1-21(2)12-24-13-25-18-36(30(37)15-23(25)14-28(24)39-5)29-11-10-27(16-32-29)33(3)17-22-6-8-26(9-7-22)35-19-31(38)34(4)20-35/h10-11,13-14,16,21-22,26H,6-9,12,15,17-20H2,1-5H3. The molecule has 0 N–H and O–H groups in total. The summed E-state index contributed by atoms with van der Waals surface area (Å²) in [6, 6.07) is 8.84. The van der Waals surface area contributed by atoms with Gasteiger partial charge >= 0.3 is 0 Å². The first kappa shape index (κ1) is 27.4. The number of carbonyl (C=O) groups excluding carboxylic acids is 2. The summed E-state index contributed by atoms with van der Waals surface area (Å²) in [5, 5.41) is 0. The molecule has 2 fully saturated rings. The minimum atomic E-state index is 0.0671. The third kappa shape index (κ3) is 6.06. The van der Waals surface area contributed by atoms with Crippen molar-refractivity contribution in [1.29, 1.82) is 0 Å². The van der Waals surface area contributed by atoms with Gasteiger partial charge in [0, 0.05) is 26.7 Å². The van der Waals surface area contributed by atoms with Gasteiger partial charge in [0.15, 0.2) is 0 Å².